The Balaban J connectivity index is 2.52. The molecule has 0 aromatic carbocycles. The van der Waals surface area contributed by atoms with E-state index in [1.165, 1.54) is 6.42 Å². The lowest BCUT2D eigenvalue weighted by molar-refractivity contribution is -0.123. The summed E-state index contributed by atoms with van der Waals surface area (Å²) in [6, 6.07) is 0.496. The summed E-state index contributed by atoms with van der Waals surface area (Å²) in [5, 5.41) is 3.43. The Kier molecular flexibility index (Phi) is 4.39. The minimum absolute atomic E-state index is 0.0951. The first-order valence-electron chi connectivity index (χ1n) is 5.70. The van der Waals surface area contributed by atoms with Crippen LogP contribution in [0.4, 0.5) is 0 Å². The highest BCUT2D eigenvalue weighted by Crippen LogP contribution is 2.30. The highest BCUT2D eigenvalue weighted by Gasteiger charge is 2.30. The molecule has 0 saturated heterocycles. The van der Waals surface area contributed by atoms with E-state index in [1.54, 1.807) is 0 Å². The Morgan fingerprint density at radius 1 is 1.36 bits per heavy atom. The third-order valence-electron chi connectivity index (χ3n) is 3.28. The Morgan fingerprint density at radius 2 is 2.07 bits per heavy atom. The Morgan fingerprint density at radius 3 is 2.57 bits per heavy atom. The van der Waals surface area contributed by atoms with E-state index in [9.17, 15) is 4.79 Å². The van der Waals surface area contributed by atoms with Gasteiger partial charge in [0, 0.05) is 12.0 Å². The van der Waals surface area contributed by atoms with Gasteiger partial charge in [-0.1, -0.05) is 20.3 Å². The van der Waals surface area contributed by atoms with Crippen molar-refractivity contribution in [3.05, 3.63) is 0 Å². The first-order valence-corrected chi connectivity index (χ1v) is 5.70. The van der Waals surface area contributed by atoms with E-state index in [-0.39, 0.29) is 11.8 Å². The third-order valence-corrected chi connectivity index (χ3v) is 3.28. The van der Waals surface area contributed by atoms with Crippen LogP contribution in [0.25, 0.3) is 0 Å². The number of primary amides is 1. The molecule has 1 fully saturated rings. The van der Waals surface area contributed by atoms with Gasteiger partial charge < -0.3 is 11.1 Å². The molecule has 1 rings (SSSR count). The zero-order valence-electron chi connectivity index (χ0n) is 9.25. The van der Waals surface area contributed by atoms with E-state index in [2.05, 4.69) is 19.2 Å². The summed E-state index contributed by atoms with van der Waals surface area (Å²) in [4.78, 5) is 11.2. The van der Waals surface area contributed by atoms with Crippen LogP contribution in [0.2, 0.25) is 0 Å². The maximum absolute atomic E-state index is 11.2. The van der Waals surface area contributed by atoms with Crippen molar-refractivity contribution in [2.75, 3.05) is 6.54 Å². The van der Waals surface area contributed by atoms with Gasteiger partial charge >= 0.3 is 0 Å². The van der Waals surface area contributed by atoms with Crippen LogP contribution in [-0.2, 0) is 4.79 Å². The van der Waals surface area contributed by atoms with Crippen LogP contribution in [0, 0.1) is 11.8 Å². The van der Waals surface area contributed by atoms with Gasteiger partial charge in [-0.15, -0.1) is 0 Å². The maximum Gasteiger partial charge on any atom is 0.220 e. The molecule has 0 radical (unpaired) electrons. The second-order valence-corrected chi connectivity index (χ2v) is 4.34. The largest absolute Gasteiger partial charge is 0.369 e. The Bertz CT molecular complexity index is 194. The van der Waals surface area contributed by atoms with E-state index >= 15 is 0 Å². The lowest BCUT2D eigenvalue weighted by Gasteiger charge is -2.33. The number of rotatable bonds is 4. The van der Waals surface area contributed by atoms with E-state index < -0.39 is 0 Å². The molecule has 14 heavy (non-hydrogen) atoms. The van der Waals surface area contributed by atoms with Crippen molar-refractivity contribution < 1.29 is 4.79 Å². The highest BCUT2D eigenvalue weighted by molar-refractivity contribution is 5.76. The second-order valence-electron chi connectivity index (χ2n) is 4.34. The zero-order valence-corrected chi connectivity index (χ0v) is 9.25. The van der Waals surface area contributed by atoms with Gasteiger partial charge in [0.05, 0.1) is 0 Å². The molecular formula is C11H22N2O. The summed E-state index contributed by atoms with van der Waals surface area (Å²) >= 11 is 0. The number of nitrogens with two attached hydrogens (primary N) is 1. The molecule has 0 spiro atoms. The van der Waals surface area contributed by atoms with E-state index in [4.69, 9.17) is 5.73 Å². The lowest BCUT2D eigenvalue weighted by atomic mass is 9.77. The van der Waals surface area contributed by atoms with Crippen molar-refractivity contribution in [2.45, 2.75) is 45.6 Å². The summed E-state index contributed by atoms with van der Waals surface area (Å²) < 4.78 is 0. The normalized spacial score (nSPS) is 32.9. The van der Waals surface area contributed by atoms with Crippen LogP contribution < -0.4 is 11.1 Å². The monoisotopic (exact) mass is 198 g/mol. The van der Waals surface area contributed by atoms with Crippen molar-refractivity contribution in [3.63, 3.8) is 0 Å². The summed E-state index contributed by atoms with van der Waals surface area (Å²) in [7, 11) is 0. The topological polar surface area (TPSA) is 55.1 Å². The van der Waals surface area contributed by atoms with Crippen LogP contribution in [-0.4, -0.2) is 18.5 Å². The minimum Gasteiger partial charge on any atom is -0.369 e. The first kappa shape index (κ1) is 11.5. The van der Waals surface area contributed by atoms with Crippen LogP contribution in [0.3, 0.4) is 0 Å². The maximum atomic E-state index is 11.2. The fourth-order valence-electron chi connectivity index (χ4n) is 2.46. The van der Waals surface area contributed by atoms with Crippen molar-refractivity contribution in [1.29, 1.82) is 0 Å². The van der Waals surface area contributed by atoms with Crippen LogP contribution in [0.1, 0.15) is 39.5 Å². The molecule has 3 nitrogen and oxygen atoms in total. The fraction of sp³-hybridized carbons (Fsp3) is 0.909. The first-order chi connectivity index (χ1) is 6.67. The van der Waals surface area contributed by atoms with Gasteiger partial charge in [-0.2, -0.15) is 0 Å². The Hall–Kier alpha value is -0.570. The molecule has 0 heterocycles. The molecule has 3 unspecified atom stereocenters. The summed E-state index contributed by atoms with van der Waals surface area (Å²) in [6.45, 7) is 5.28. The predicted octanol–water partition coefficient (Wildman–Crippen LogP) is 1.28. The van der Waals surface area contributed by atoms with Crippen molar-refractivity contribution in [3.8, 4) is 0 Å². The molecule has 0 aromatic rings. The molecule has 82 valence electrons. The molecule has 3 atom stereocenters. The van der Waals surface area contributed by atoms with E-state index in [1.807, 2.05) is 0 Å². The van der Waals surface area contributed by atoms with Crippen molar-refractivity contribution in [1.82, 2.24) is 5.32 Å². The Labute approximate surface area is 86.4 Å². The summed E-state index contributed by atoms with van der Waals surface area (Å²) in [6.07, 6.45) is 4.28. The SMILES string of the molecule is CCNC1CC(CC)CC(C(N)=O)C1. The van der Waals surface area contributed by atoms with Crippen LogP contribution in [0.5, 0.6) is 0 Å². The van der Waals surface area contributed by atoms with Gasteiger partial charge in [-0.05, 0) is 31.7 Å². The van der Waals surface area contributed by atoms with Gasteiger partial charge in [-0.25, -0.2) is 0 Å². The molecule has 0 aliphatic heterocycles. The average Bonchev–Trinajstić information content (AvgIpc) is 2.17. The van der Waals surface area contributed by atoms with Gasteiger partial charge in [0.1, 0.15) is 0 Å². The quantitative estimate of drug-likeness (QED) is 0.715. The molecule has 1 aliphatic carbocycles. The van der Waals surface area contributed by atoms with Crippen LogP contribution in [0.15, 0.2) is 0 Å². The molecule has 0 bridgehead atoms. The predicted molar refractivity (Wildman–Crippen MR) is 57.8 cm³/mol. The molecule has 3 N–H and O–H groups in total. The molecule has 1 saturated carbocycles. The summed E-state index contributed by atoms with van der Waals surface area (Å²) in [5.74, 6) is 0.647. The molecule has 1 amide bonds. The van der Waals surface area contributed by atoms with Gasteiger partial charge in [0.2, 0.25) is 5.91 Å². The zero-order chi connectivity index (χ0) is 10.6. The van der Waals surface area contributed by atoms with E-state index in [0.717, 1.165) is 25.8 Å². The van der Waals surface area contributed by atoms with Crippen molar-refractivity contribution >= 4 is 5.91 Å². The number of hydrogen-bond donors (Lipinski definition) is 2. The average molecular weight is 198 g/mol. The number of carbonyl (C=O) groups excluding carboxylic acids is 1. The van der Waals surface area contributed by atoms with Gasteiger partial charge in [-0.3, -0.25) is 4.79 Å². The number of nitrogens with one attached hydrogen (secondary N) is 1. The fourth-order valence-corrected chi connectivity index (χ4v) is 2.46. The second kappa shape index (κ2) is 5.35. The van der Waals surface area contributed by atoms with Gasteiger partial charge in [0.15, 0.2) is 0 Å². The number of hydrogen-bond acceptors (Lipinski definition) is 2. The van der Waals surface area contributed by atoms with Crippen molar-refractivity contribution in [2.24, 2.45) is 17.6 Å². The molecular weight excluding hydrogens is 176 g/mol. The van der Waals surface area contributed by atoms with Gasteiger partial charge in [0.25, 0.3) is 0 Å². The van der Waals surface area contributed by atoms with Crippen LogP contribution >= 0.6 is 0 Å². The summed E-state index contributed by atoms with van der Waals surface area (Å²) in [5.41, 5.74) is 5.38. The number of carbonyl (C=O) groups is 1. The molecule has 3 heteroatoms. The highest BCUT2D eigenvalue weighted by atomic mass is 16.1. The minimum atomic E-state index is -0.119. The molecule has 1 aliphatic rings. The number of amides is 1. The molecule has 0 aromatic heterocycles. The smallest absolute Gasteiger partial charge is 0.220 e. The lowest BCUT2D eigenvalue weighted by Crippen LogP contribution is -2.41. The van der Waals surface area contributed by atoms with E-state index in [0.29, 0.717) is 12.0 Å². The standard InChI is InChI=1S/C11H22N2O/c1-3-8-5-9(11(12)14)7-10(6-8)13-4-2/h8-10,13H,3-7H2,1-2H3,(H2,12,14). The third kappa shape index (κ3) is 2.98.